The Bertz CT molecular complexity index is 746. The molecule has 0 saturated heterocycles. The van der Waals surface area contributed by atoms with Crippen LogP contribution in [0, 0.1) is 0 Å². The lowest BCUT2D eigenvalue weighted by atomic mass is 9.96. The van der Waals surface area contributed by atoms with E-state index in [1.807, 2.05) is 10.1 Å². The van der Waals surface area contributed by atoms with Gasteiger partial charge >= 0.3 is 0 Å². The highest BCUT2D eigenvalue weighted by Gasteiger charge is 2.21. The van der Waals surface area contributed by atoms with Gasteiger partial charge < -0.3 is 0 Å². The summed E-state index contributed by atoms with van der Waals surface area (Å²) in [5.74, 6) is 0. The van der Waals surface area contributed by atoms with Crippen LogP contribution in [0.1, 0.15) is 38.1 Å². The maximum atomic E-state index is 4.39. The zero-order valence-corrected chi connectivity index (χ0v) is 13.0. The maximum absolute atomic E-state index is 4.39. The molecule has 0 atom stereocenters. The van der Waals surface area contributed by atoms with Crippen LogP contribution in [0.15, 0.2) is 28.0 Å². The van der Waals surface area contributed by atoms with Crippen molar-refractivity contribution in [3.05, 3.63) is 17.8 Å². The Morgan fingerprint density at radius 3 is 3.00 bits per heavy atom. The number of nitrogens with zero attached hydrogens (tertiary/aromatic N) is 6. The summed E-state index contributed by atoms with van der Waals surface area (Å²) >= 11 is 3.15. The second-order valence-electron chi connectivity index (χ2n) is 5.12. The Balaban J connectivity index is 1.65. The van der Waals surface area contributed by atoms with Gasteiger partial charge in [-0.15, -0.1) is 16.4 Å². The molecule has 3 heterocycles. The molecule has 1 aliphatic rings. The second kappa shape index (κ2) is 5.69. The second-order valence-corrected chi connectivity index (χ2v) is 6.97. The lowest BCUT2D eigenvalue weighted by Gasteiger charge is -2.21. The molecule has 0 aliphatic heterocycles. The Morgan fingerprint density at radius 2 is 2.10 bits per heavy atom. The highest BCUT2D eigenvalue weighted by Crippen LogP contribution is 2.35. The van der Waals surface area contributed by atoms with Crippen molar-refractivity contribution >= 4 is 33.3 Å². The zero-order chi connectivity index (χ0) is 14.1. The highest BCUT2D eigenvalue weighted by atomic mass is 32.2. The molecule has 0 N–H and O–H groups in total. The van der Waals surface area contributed by atoms with E-state index in [0.29, 0.717) is 6.04 Å². The average molecular weight is 318 g/mol. The third-order valence-electron chi connectivity index (χ3n) is 3.80. The summed E-state index contributed by atoms with van der Waals surface area (Å²) in [5, 5.41) is 17.1. The van der Waals surface area contributed by atoms with Crippen LogP contribution in [-0.4, -0.2) is 30.2 Å². The van der Waals surface area contributed by atoms with Crippen LogP contribution in [0.3, 0.4) is 0 Å². The number of hydrogen-bond acceptors (Lipinski definition) is 7. The van der Waals surface area contributed by atoms with Gasteiger partial charge in [-0.2, -0.15) is 0 Å². The SMILES string of the molecule is c1nc(Sc2nnnn2C2CCCCC2)c2ccsc2n1. The van der Waals surface area contributed by atoms with Crippen molar-refractivity contribution in [3.63, 3.8) is 0 Å². The molecule has 0 radical (unpaired) electrons. The van der Waals surface area contributed by atoms with Crippen LogP contribution in [0.2, 0.25) is 0 Å². The minimum Gasteiger partial charge on any atom is -0.229 e. The van der Waals surface area contributed by atoms with Crippen molar-refractivity contribution in [2.24, 2.45) is 0 Å². The molecule has 1 aliphatic carbocycles. The molecule has 3 aromatic heterocycles. The Morgan fingerprint density at radius 1 is 1.19 bits per heavy atom. The summed E-state index contributed by atoms with van der Waals surface area (Å²) in [4.78, 5) is 9.67. The van der Waals surface area contributed by atoms with Crippen molar-refractivity contribution in [3.8, 4) is 0 Å². The van der Waals surface area contributed by atoms with E-state index < -0.39 is 0 Å². The van der Waals surface area contributed by atoms with Crippen molar-refractivity contribution < 1.29 is 0 Å². The largest absolute Gasteiger partial charge is 0.229 e. The van der Waals surface area contributed by atoms with Crippen LogP contribution < -0.4 is 0 Å². The summed E-state index contributed by atoms with van der Waals surface area (Å²) in [7, 11) is 0. The van der Waals surface area contributed by atoms with Gasteiger partial charge in [-0.25, -0.2) is 14.6 Å². The molecule has 6 nitrogen and oxygen atoms in total. The summed E-state index contributed by atoms with van der Waals surface area (Å²) in [6, 6.07) is 2.48. The van der Waals surface area contributed by atoms with Gasteiger partial charge in [0.15, 0.2) is 0 Å². The number of tetrazole rings is 1. The number of fused-ring (bicyclic) bond motifs is 1. The Labute approximate surface area is 130 Å². The normalized spacial score (nSPS) is 16.6. The standard InChI is InChI=1S/C13H14N6S2/c1-2-4-9(5-3-1)19-13(16-17-18-19)21-12-10-6-7-20-11(10)14-8-15-12/h6-9H,1-5H2. The lowest BCUT2D eigenvalue weighted by molar-refractivity contribution is 0.307. The molecule has 1 saturated carbocycles. The number of aromatic nitrogens is 6. The predicted molar refractivity (Wildman–Crippen MR) is 81.5 cm³/mol. The van der Waals surface area contributed by atoms with E-state index in [-0.39, 0.29) is 0 Å². The zero-order valence-electron chi connectivity index (χ0n) is 11.3. The van der Waals surface area contributed by atoms with Crippen molar-refractivity contribution in [2.75, 3.05) is 0 Å². The van der Waals surface area contributed by atoms with Gasteiger partial charge in [0, 0.05) is 5.39 Å². The van der Waals surface area contributed by atoms with Gasteiger partial charge in [0.1, 0.15) is 16.2 Å². The minimum absolute atomic E-state index is 0.427. The molecule has 108 valence electrons. The third-order valence-corrected chi connectivity index (χ3v) is 5.59. The van der Waals surface area contributed by atoms with Gasteiger partial charge in [0.05, 0.1) is 6.04 Å². The molecule has 1 fully saturated rings. The van der Waals surface area contributed by atoms with E-state index >= 15 is 0 Å². The molecule has 0 amide bonds. The molecule has 0 aromatic carbocycles. The van der Waals surface area contributed by atoms with Gasteiger partial charge in [-0.3, -0.25) is 0 Å². The maximum Gasteiger partial charge on any atom is 0.215 e. The topological polar surface area (TPSA) is 69.4 Å². The molecular weight excluding hydrogens is 304 g/mol. The summed E-state index contributed by atoms with van der Waals surface area (Å²) in [6.45, 7) is 0. The molecule has 0 bridgehead atoms. The van der Waals surface area contributed by atoms with Crippen molar-refractivity contribution in [1.82, 2.24) is 30.2 Å². The minimum atomic E-state index is 0.427. The average Bonchev–Trinajstić information content (AvgIpc) is 3.17. The fraction of sp³-hybridized carbons (Fsp3) is 0.462. The van der Waals surface area contributed by atoms with E-state index in [4.69, 9.17) is 0 Å². The quantitative estimate of drug-likeness (QED) is 0.690. The lowest BCUT2D eigenvalue weighted by Crippen LogP contribution is -2.15. The smallest absolute Gasteiger partial charge is 0.215 e. The number of thiophene rings is 1. The van der Waals surface area contributed by atoms with Crippen LogP contribution >= 0.6 is 23.1 Å². The first kappa shape index (κ1) is 13.1. The summed E-state index contributed by atoms with van der Waals surface area (Å²) in [5.41, 5.74) is 0. The monoisotopic (exact) mass is 318 g/mol. The third kappa shape index (κ3) is 2.53. The van der Waals surface area contributed by atoms with E-state index in [0.717, 1.165) is 33.2 Å². The summed E-state index contributed by atoms with van der Waals surface area (Å²) < 4.78 is 1.98. The molecule has 8 heteroatoms. The summed E-state index contributed by atoms with van der Waals surface area (Å²) in [6.07, 6.45) is 7.78. The van der Waals surface area contributed by atoms with Gasteiger partial charge in [0.25, 0.3) is 0 Å². The van der Waals surface area contributed by atoms with Gasteiger partial charge in [-0.1, -0.05) is 19.3 Å². The predicted octanol–water partition coefficient (Wildman–Crippen LogP) is 3.33. The fourth-order valence-corrected chi connectivity index (χ4v) is 4.44. The molecule has 3 aromatic rings. The Kier molecular flexibility index (Phi) is 3.56. The molecule has 0 spiro atoms. The van der Waals surface area contributed by atoms with E-state index in [1.165, 1.54) is 31.0 Å². The van der Waals surface area contributed by atoms with Crippen molar-refractivity contribution in [1.29, 1.82) is 0 Å². The van der Waals surface area contributed by atoms with Crippen LogP contribution in [0.25, 0.3) is 10.2 Å². The van der Waals surface area contributed by atoms with Crippen molar-refractivity contribution in [2.45, 2.75) is 48.3 Å². The van der Waals surface area contributed by atoms with E-state index in [2.05, 4.69) is 31.6 Å². The number of rotatable bonds is 3. The highest BCUT2D eigenvalue weighted by molar-refractivity contribution is 7.99. The molecule has 4 rings (SSSR count). The first-order valence-corrected chi connectivity index (χ1v) is 8.75. The van der Waals surface area contributed by atoms with E-state index in [9.17, 15) is 0 Å². The van der Waals surface area contributed by atoms with Gasteiger partial charge in [0.2, 0.25) is 5.16 Å². The molecule has 21 heavy (non-hydrogen) atoms. The van der Waals surface area contributed by atoms with Crippen LogP contribution in [0.5, 0.6) is 0 Å². The molecule has 0 unspecified atom stereocenters. The first-order valence-electron chi connectivity index (χ1n) is 7.06. The van der Waals surface area contributed by atoms with Gasteiger partial charge in [-0.05, 0) is 46.5 Å². The van der Waals surface area contributed by atoms with Crippen LogP contribution in [0.4, 0.5) is 0 Å². The first-order chi connectivity index (χ1) is 10.4. The molecular formula is C13H14N6S2. The Hall–Kier alpha value is -1.54. The fourth-order valence-electron chi connectivity index (χ4n) is 2.74. The van der Waals surface area contributed by atoms with Crippen LogP contribution in [-0.2, 0) is 0 Å². The van der Waals surface area contributed by atoms with E-state index in [1.54, 1.807) is 17.7 Å². The number of hydrogen-bond donors (Lipinski definition) is 0.